The zero-order valence-electron chi connectivity index (χ0n) is 19.5. The molecule has 0 bridgehead atoms. The summed E-state index contributed by atoms with van der Waals surface area (Å²) in [7, 11) is 0. The van der Waals surface area contributed by atoms with Crippen LogP contribution in [0, 0.1) is 0 Å². The van der Waals surface area contributed by atoms with Gasteiger partial charge in [0.2, 0.25) is 0 Å². The lowest BCUT2D eigenvalue weighted by molar-refractivity contribution is 0.289. The molecule has 0 spiro atoms. The van der Waals surface area contributed by atoms with Gasteiger partial charge in [-0.1, -0.05) is 97.1 Å². The fourth-order valence-electron chi connectivity index (χ4n) is 4.53. The Hall–Kier alpha value is -3.72. The van der Waals surface area contributed by atoms with E-state index in [1.807, 2.05) is 12.1 Å². The van der Waals surface area contributed by atoms with Gasteiger partial charge in [-0.15, -0.1) is 0 Å². The summed E-state index contributed by atoms with van der Waals surface area (Å²) in [6.07, 6.45) is 3.21. The first kappa shape index (κ1) is 22.1. The first-order valence-corrected chi connectivity index (χ1v) is 12.1. The molecule has 4 aromatic rings. The number of ether oxygens (including phenoxy) is 2. The number of hydrogen-bond acceptors (Lipinski definition) is 3. The van der Waals surface area contributed by atoms with E-state index >= 15 is 0 Å². The van der Waals surface area contributed by atoms with Gasteiger partial charge in [-0.2, -0.15) is 0 Å². The van der Waals surface area contributed by atoms with Gasteiger partial charge in [0, 0.05) is 25.1 Å². The molecule has 0 radical (unpaired) electrons. The van der Waals surface area contributed by atoms with Crippen molar-refractivity contribution in [2.45, 2.75) is 32.5 Å². The molecule has 34 heavy (non-hydrogen) atoms. The van der Waals surface area contributed by atoms with Gasteiger partial charge in [0.25, 0.3) is 0 Å². The molecule has 0 unspecified atom stereocenters. The summed E-state index contributed by atoms with van der Waals surface area (Å²) in [6.45, 7) is 3.12. The Bertz CT molecular complexity index is 1170. The molecule has 0 N–H and O–H groups in total. The molecule has 4 aromatic carbocycles. The van der Waals surface area contributed by atoms with Gasteiger partial charge in [0.15, 0.2) is 0 Å². The van der Waals surface area contributed by atoms with E-state index < -0.39 is 0 Å². The Morgan fingerprint density at radius 1 is 0.559 bits per heavy atom. The van der Waals surface area contributed by atoms with Crippen LogP contribution in [0.25, 0.3) is 0 Å². The van der Waals surface area contributed by atoms with Crippen molar-refractivity contribution in [3.05, 3.63) is 125 Å². The lowest BCUT2D eigenvalue weighted by Crippen LogP contribution is -2.20. The van der Waals surface area contributed by atoms with Crippen molar-refractivity contribution in [2.75, 3.05) is 18.0 Å². The Kier molecular flexibility index (Phi) is 7.10. The van der Waals surface area contributed by atoms with Crippen molar-refractivity contribution >= 4 is 5.69 Å². The summed E-state index contributed by atoms with van der Waals surface area (Å²) in [5, 5.41) is 0. The van der Waals surface area contributed by atoms with E-state index in [4.69, 9.17) is 9.47 Å². The molecule has 1 fully saturated rings. The molecule has 0 saturated carbocycles. The van der Waals surface area contributed by atoms with Crippen molar-refractivity contribution in [3.8, 4) is 11.5 Å². The standard InChI is InChI=1S/C31H31NO2/c1-4-12-25(13-5-1)22-28-18-19-29(33-23-26-14-6-2-7-15-26)30(32-20-10-11-21-32)31(28)34-24-27-16-8-3-9-17-27/h1-9,12-19H,10-11,20-24H2. The van der Waals surface area contributed by atoms with E-state index in [2.05, 4.69) is 95.9 Å². The lowest BCUT2D eigenvalue weighted by Gasteiger charge is -2.26. The minimum Gasteiger partial charge on any atom is -0.487 e. The molecule has 0 amide bonds. The van der Waals surface area contributed by atoms with Crippen LogP contribution in [0.3, 0.4) is 0 Å². The third-order valence-electron chi connectivity index (χ3n) is 6.30. The number of anilines is 1. The Morgan fingerprint density at radius 3 is 1.68 bits per heavy atom. The van der Waals surface area contributed by atoms with Crippen LogP contribution in [-0.4, -0.2) is 13.1 Å². The first-order valence-electron chi connectivity index (χ1n) is 12.1. The monoisotopic (exact) mass is 449 g/mol. The minimum absolute atomic E-state index is 0.533. The van der Waals surface area contributed by atoms with Crippen LogP contribution in [-0.2, 0) is 19.6 Å². The lowest BCUT2D eigenvalue weighted by atomic mass is 10.0. The zero-order chi connectivity index (χ0) is 23.0. The highest BCUT2D eigenvalue weighted by Crippen LogP contribution is 2.43. The Morgan fingerprint density at radius 2 is 1.09 bits per heavy atom. The summed E-state index contributed by atoms with van der Waals surface area (Å²) < 4.78 is 13.0. The number of hydrogen-bond donors (Lipinski definition) is 0. The summed E-state index contributed by atoms with van der Waals surface area (Å²) in [5.74, 6) is 1.84. The van der Waals surface area contributed by atoms with E-state index in [0.29, 0.717) is 13.2 Å². The van der Waals surface area contributed by atoms with Crippen LogP contribution in [0.5, 0.6) is 11.5 Å². The van der Waals surface area contributed by atoms with Gasteiger partial charge < -0.3 is 14.4 Å². The predicted molar refractivity (Wildman–Crippen MR) is 139 cm³/mol. The molecular formula is C31H31NO2. The van der Waals surface area contributed by atoms with Gasteiger partial charge in [-0.3, -0.25) is 0 Å². The molecule has 0 aromatic heterocycles. The highest BCUT2D eigenvalue weighted by molar-refractivity contribution is 5.71. The molecule has 0 aliphatic carbocycles. The van der Waals surface area contributed by atoms with E-state index in [9.17, 15) is 0 Å². The maximum atomic E-state index is 6.61. The van der Waals surface area contributed by atoms with Gasteiger partial charge in [-0.05, 0) is 35.6 Å². The maximum absolute atomic E-state index is 6.61. The molecule has 3 heteroatoms. The highest BCUT2D eigenvalue weighted by Gasteiger charge is 2.24. The fourth-order valence-corrected chi connectivity index (χ4v) is 4.53. The van der Waals surface area contributed by atoms with E-state index in [1.54, 1.807) is 0 Å². The van der Waals surface area contributed by atoms with Crippen LogP contribution in [0.4, 0.5) is 5.69 Å². The first-order chi connectivity index (χ1) is 16.9. The third kappa shape index (κ3) is 5.43. The van der Waals surface area contributed by atoms with Crippen LogP contribution < -0.4 is 14.4 Å². The van der Waals surface area contributed by atoms with Gasteiger partial charge in [0.1, 0.15) is 30.4 Å². The predicted octanol–water partition coefficient (Wildman–Crippen LogP) is 7.04. The molecule has 1 aliphatic rings. The molecule has 1 heterocycles. The zero-order valence-corrected chi connectivity index (χ0v) is 19.5. The van der Waals surface area contributed by atoms with Crippen molar-refractivity contribution in [1.29, 1.82) is 0 Å². The average molecular weight is 450 g/mol. The second-order valence-corrected chi connectivity index (χ2v) is 8.81. The average Bonchev–Trinajstić information content (AvgIpc) is 3.43. The smallest absolute Gasteiger partial charge is 0.150 e. The molecular weight excluding hydrogens is 418 g/mol. The second kappa shape index (κ2) is 10.9. The van der Waals surface area contributed by atoms with E-state index in [0.717, 1.165) is 47.8 Å². The van der Waals surface area contributed by atoms with Crippen molar-refractivity contribution in [2.24, 2.45) is 0 Å². The number of nitrogens with zero attached hydrogens (tertiary/aromatic N) is 1. The number of benzene rings is 4. The third-order valence-corrected chi connectivity index (χ3v) is 6.30. The summed E-state index contributed by atoms with van der Waals surface area (Å²) in [5.41, 5.74) is 5.89. The normalized spacial score (nSPS) is 13.1. The van der Waals surface area contributed by atoms with E-state index in [-0.39, 0.29) is 0 Å². The Labute approximate surface area is 202 Å². The van der Waals surface area contributed by atoms with Crippen molar-refractivity contribution in [3.63, 3.8) is 0 Å². The Balaban J connectivity index is 1.51. The second-order valence-electron chi connectivity index (χ2n) is 8.81. The van der Waals surface area contributed by atoms with Gasteiger partial charge >= 0.3 is 0 Å². The van der Waals surface area contributed by atoms with Gasteiger partial charge in [0.05, 0.1) is 0 Å². The van der Waals surface area contributed by atoms with Gasteiger partial charge in [-0.25, -0.2) is 0 Å². The molecule has 3 nitrogen and oxygen atoms in total. The molecule has 5 rings (SSSR count). The topological polar surface area (TPSA) is 21.7 Å². The minimum atomic E-state index is 0.533. The molecule has 0 atom stereocenters. The summed E-state index contributed by atoms with van der Waals surface area (Å²) in [4.78, 5) is 2.44. The SMILES string of the molecule is c1ccc(COc2ccc(Cc3ccccc3)c(OCc3ccccc3)c2N2CCCC2)cc1. The summed E-state index contributed by atoms with van der Waals surface area (Å²) >= 11 is 0. The van der Waals surface area contributed by atoms with Crippen LogP contribution in [0.1, 0.15) is 35.1 Å². The van der Waals surface area contributed by atoms with Crippen LogP contribution >= 0.6 is 0 Å². The largest absolute Gasteiger partial charge is 0.487 e. The molecule has 172 valence electrons. The fraction of sp³-hybridized carbons (Fsp3) is 0.226. The number of rotatable bonds is 9. The van der Waals surface area contributed by atoms with Crippen molar-refractivity contribution in [1.82, 2.24) is 0 Å². The molecule has 1 aliphatic heterocycles. The van der Waals surface area contributed by atoms with E-state index in [1.165, 1.54) is 24.0 Å². The highest BCUT2D eigenvalue weighted by atomic mass is 16.5. The maximum Gasteiger partial charge on any atom is 0.150 e. The van der Waals surface area contributed by atoms with Crippen LogP contribution in [0.2, 0.25) is 0 Å². The van der Waals surface area contributed by atoms with Crippen molar-refractivity contribution < 1.29 is 9.47 Å². The summed E-state index contributed by atoms with van der Waals surface area (Å²) in [6, 6.07) is 35.6. The quantitative estimate of drug-likeness (QED) is 0.274. The van der Waals surface area contributed by atoms with Crippen LogP contribution in [0.15, 0.2) is 103 Å². The molecule has 1 saturated heterocycles.